The Labute approximate surface area is 417 Å². The molecule has 0 bridgehead atoms. The van der Waals surface area contributed by atoms with E-state index in [1.165, 1.54) is 27.0 Å². The van der Waals surface area contributed by atoms with Crippen LogP contribution in [0.15, 0.2) is 71.4 Å². The fourth-order valence-corrected chi connectivity index (χ4v) is 7.29. The molecular formula is C48H70N10O14. The van der Waals surface area contributed by atoms with Gasteiger partial charge < -0.3 is 68.3 Å². The highest BCUT2D eigenvalue weighted by Gasteiger charge is 2.37. The molecule has 10 atom stereocenters. The Hall–Kier alpha value is -7.63. The first-order chi connectivity index (χ1) is 33.8. The summed E-state index contributed by atoms with van der Waals surface area (Å²) in [5.41, 5.74) is 12.0. The summed E-state index contributed by atoms with van der Waals surface area (Å²) in [6.07, 6.45) is 2.91. The second-order valence-corrected chi connectivity index (χ2v) is 17.6. The molecule has 10 unspecified atom stereocenters. The van der Waals surface area contributed by atoms with Crippen LogP contribution in [0.5, 0.6) is 0 Å². The van der Waals surface area contributed by atoms with Crippen molar-refractivity contribution in [3.05, 3.63) is 72.0 Å². The molecule has 13 N–H and O–H groups in total. The Kier molecular flexibility index (Phi) is 24.8. The Morgan fingerprint density at radius 3 is 2.01 bits per heavy atom. The maximum Gasteiger partial charge on any atom is 0.327 e. The highest BCUT2D eigenvalue weighted by atomic mass is 16.5. The van der Waals surface area contributed by atoms with Crippen LogP contribution in [0.2, 0.25) is 0 Å². The van der Waals surface area contributed by atoms with Crippen molar-refractivity contribution in [2.24, 2.45) is 34.2 Å². The average molecular weight is 1010 g/mol. The summed E-state index contributed by atoms with van der Waals surface area (Å²) >= 11 is 0. The van der Waals surface area contributed by atoms with Gasteiger partial charge in [-0.05, 0) is 51.5 Å². The molecule has 0 aromatic heterocycles. The Morgan fingerprint density at radius 2 is 1.43 bits per heavy atom. The number of ether oxygens (including phenoxy) is 1. The quantitative estimate of drug-likeness (QED) is 0.0325. The van der Waals surface area contributed by atoms with Gasteiger partial charge in [-0.3, -0.25) is 43.3 Å². The van der Waals surface area contributed by atoms with Crippen molar-refractivity contribution < 1.29 is 68.0 Å². The maximum absolute atomic E-state index is 14.2. The maximum atomic E-state index is 14.2. The molecule has 0 aliphatic carbocycles. The first-order valence-corrected chi connectivity index (χ1v) is 23.2. The predicted octanol–water partition coefficient (Wildman–Crippen LogP) is -0.563. The van der Waals surface area contributed by atoms with E-state index in [0.29, 0.717) is 12.0 Å². The first kappa shape index (κ1) is 60.5. The van der Waals surface area contributed by atoms with E-state index in [9.17, 15) is 63.3 Å². The zero-order valence-electron chi connectivity index (χ0n) is 41.6. The van der Waals surface area contributed by atoms with Crippen LogP contribution >= 0.6 is 0 Å². The summed E-state index contributed by atoms with van der Waals surface area (Å²) in [6, 6.07) is 0.0830. The molecular weight excluding hydrogens is 941 g/mol. The number of nitrogens with one attached hydrogen (secondary N) is 6. The van der Waals surface area contributed by atoms with Crippen LogP contribution in [-0.4, -0.2) is 148 Å². The van der Waals surface area contributed by atoms with E-state index in [-0.39, 0.29) is 37.4 Å². The SMILES string of the molecule is C=C1C(=O)NC(C)C(=O)NC(CCCN=C(N)N)C(=O)NC(C(=O)O)C(C)C(=O)NC(CCC(=O)O)C(=O)NC(C=CC(C)=CC(C)C(Cc2ccccc2)OC)C(C)C(=O)NC(C(=O)O)CCC(=O)N1C. The van der Waals surface area contributed by atoms with Gasteiger partial charge >= 0.3 is 17.9 Å². The van der Waals surface area contributed by atoms with E-state index in [1.54, 1.807) is 20.1 Å². The van der Waals surface area contributed by atoms with Crippen molar-refractivity contribution in [2.75, 3.05) is 20.7 Å². The number of carbonyl (C=O) groups excluding carboxylic acids is 7. The number of guanidine groups is 1. The zero-order valence-corrected chi connectivity index (χ0v) is 41.6. The van der Waals surface area contributed by atoms with E-state index in [1.807, 2.05) is 43.3 Å². The van der Waals surface area contributed by atoms with Crippen LogP contribution in [0.3, 0.4) is 0 Å². The van der Waals surface area contributed by atoms with Crippen molar-refractivity contribution in [2.45, 2.75) is 122 Å². The number of nitrogens with two attached hydrogens (primary N) is 2. The van der Waals surface area contributed by atoms with Crippen LogP contribution in [0.4, 0.5) is 0 Å². The molecule has 2 rings (SSSR count). The van der Waals surface area contributed by atoms with E-state index in [0.717, 1.165) is 17.4 Å². The Morgan fingerprint density at radius 1 is 0.833 bits per heavy atom. The Balaban J connectivity index is 2.71. The lowest BCUT2D eigenvalue weighted by molar-refractivity contribution is -0.146. The monoisotopic (exact) mass is 1010 g/mol. The number of allylic oxidation sites excluding steroid dienone is 2. The minimum atomic E-state index is -2.01. The van der Waals surface area contributed by atoms with Gasteiger partial charge in [0.05, 0.1) is 24.0 Å². The number of aliphatic carboxylic acids is 3. The van der Waals surface area contributed by atoms with E-state index in [2.05, 4.69) is 43.5 Å². The van der Waals surface area contributed by atoms with Crippen molar-refractivity contribution in [3.8, 4) is 0 Å². The molecule has 0 saturated carbocycles. The number of aliphatic imine (C=N–C) groups is 1. The molecule has 1 aromatic carbocycles. The van der Waals surface area contributed by atoms with Gasteiger partial charge in [-0.1, -0.05) is 81.5 Å². The minimum Gasteiger partial charge on any atom is -0.481 e. The number of methoxy groups -OCH3 is 1. The lowest BCUT2D eigenvalue weighted by atomic mass is 9.94. The smallest absolute Gasteiger partial charge is 0.327 e. The van der Waals surface area contributed by atoms with Crippen molar-refractivity contribution in [3.63, 3.8) is 0 Å². The molecule has 1 fully saturated rings. The van der Waals surface area contributed by atoms with Gasteiger partial charge in [0, 0.05) is 39.5 Å². The van der Waals surface area contributed by atoms with Gasteiger partial charge in [0.15, 0.2) is 5.96 Å². The Bertz CT molecular complexity index is 2230. The van der Waals surface area contributed by atoms with Gasteiger partial charge in [-0.2, -0.15) is 0 Å². The third-order valence-electron chi connectivity index (χ3n) is 11.9. The van der Waals surface area contributed by atoms with Crippen molar-refractivity contribution in [1.29, 1.82) is 0 Å². The number of carboxylic acid groups (broad SMARTS) is 3. The summed E-state index contributed by atoms with van der Waals surface area (Å²) in [5.74, 6) is -14.9. The topological polar surface area (TPSA) is 380 Å². The van der Waals surface area contributed by atoms with Crippen molar-refractivity contribution >= 4 is 65.2 Å². The molecule has 72 heavy (non-hydrogen) atoms. The molecule has 1 aromatic rings. The van der Waals surface area contributed by atoms with E-state index >= 15 is 0 Å². The fourth-order valence-electron chi connectivity index (χ4n) is 7.29. The third kappa shape index (κ3) is 20.0. The molecule has 7 amide bonds. The highest BCUT2D eigenvalue weighted by molar-refractivity contribution is 6.00. The number of hydrogen-bond acceptors (Lipinski definition) is 12. The number of hydrogen-bond donors (Lipinski definition) is 11. The normalized spacial score (nSPS) is 25.0. The minimum absolute atomic E-state index is 0.0260. The molecule has 396 valence electrons. The molecule has 1 aliphatic rings. The molecule has 0 spiro atoms. The van der Waals surface area contributed by atoms with Crippen molar-refractivity contribution in [1.82, 2.24) is 36.8 Å². The standard InChI is InChI=1S/C48H70N10O14/c1-25(23-26(2)36(72-8)24-31-13-10-9-11-14-31)16-17-32-27(3)40(62)56-35(46(68)69)18-20-37(59)58(7)30(6)43(65)52-29(5)42(64)55-33(15-12-22-51-48(49)50)45(67)57-39(47(70)71)28(4)41(63)54-34(44(66)53-32)19-21-38(60)61/h9-11,13-14,16-17,23,26-29,32-36,39H,6,12,15,18-22,24H2,1-5,7-8H3,(H,52,65)(H,53,66)(H,54,63)(H,55,64)(H,56,62)(H,57,67)(H,60,61)(H,68,69)(H,70,71)(H4,49,50,51). The van der Waals surface area contributed by atoms with Crippen LogP contribution < -0.4 is 43.4 Å². The van der Waals surface area contributed by atoms with Crippen LogP contribution in [0.1, 0.15) is 78.7 Å². The van der Waals surface area contributed by atoms with Gasteiger partial charge in [0.1, 0.15) is 35.9 Å². The summed E-state index contributed by atoms with van der Waals surface area (Å²) < 4.78 is 5.78. The number of benzene rings is 1. The number of rotatable bonds is 16. The van der Waals surface area contributed by atoms with Crippen LogP contribution in [0.25, 0.3) is 0 Å². The summed E-state index contributed by atoms with van der Waals surface area (Å²) in [5, 5.41) is 44.4. The third-order valence-corrected chi connectivity index (χ3v) is 11.9. The lowest BCUT2D eigenvalue weighted by Gasteiger charge is -2.28. The van der Waals surface area contributed by atoms with Crippen LogP contribution in [-0.2, 0) is 59.1 Å². The molecule has 24 heteroatoms. The molecule has 1 saturated heterocycles. The summed E-state index contributed by atoms with van der Waals surface area (Å²) in [6.45, 7) is 11.0. The zero-order chi connectivity index (χ0) is 54.4. The van der Waals surface area contributed by atoms with Gasteiger partial charge in [0.25, 0.3) is 5.91 Å². The largest absolute Gasteiger partial charge is 0.481 e. The molecule has 0 radical (unpaired) electrons. The number of likely N-dealkylation sites (N-methyl/N-ethyl adjacent to an activating group) is 1. The summed E-state index contributed by atoms with van der Waals surface area (Å²) in [7, 11) is 2.76. The van der Waals surface area contributed by atoms with E-state index < -0.39 is 139 Å². The van der Waals surface area contributed by atoms with Gasteiger partial charge in [0.2, 0.25) is 35.4 Å². The van der Waals surface area contributed by atoms with Gasteiger partial charge in [-0.15, -0.1) is 0 Å². The second kappa shape index (κ2) is 29.5. The number of amides is 7. The second-order valence-electron chi connectivity index (χ2n) is 17.6. The predicted molar refractivity (Wildman–Crippen MR) is 262 cm³/mol. The number of nitrogens with zero attached hydrogens (tertiary/aromatic N) is 2. The molecule has 1 heterocycles. The average Bonchev–Trinajstić information content (AvgIpc) is 3.32. The van der Waals surface area contributed by atoms with Crippen LogP contribution in [0, 0.1) is 17.8 Å². The molecule has 1 aliphatic heterocycles. The summed E-state index contributed by atoms with van der Waals surface area (Å²) in [4.78, 5) is 137. The van der Waals surface area contributed by atoms with E-state index in [4.69, 9.17) is 16.2 Å². The fraction of sp³-hybridized carbons (Fsp3) is 0.521. The lowest BCUT2D eigenvalue weighted by Crippen LogP contribution is -2.59. The molecule has 24 nitrogen and oxygen atoms in total. The highest BCUT2D eigenvalue weighted by Crippen LogP contribution is 2.19. The van der Waals surface area contributed by atoms with Gasteiger partial charge in [-0.25, -0.2) is 9.59 Å². The number of carbonyl (C=O) groups is 10. The first-order valence-electron chi connectivity index (χ1n) is 23.2. The number of carboxylic acids is 3.